The fraction of sp³-hybridized carbons (Fsp3) is 0.400. The minimum Gasteiger partial charge on any atom is -0.370 e. The first kappa shape index (κ1) is 15.0. The van der Waals surface area contributed by atoms with Gasteiger partial charge >= 0.3 is 0 Å². The van der Waals surface area contributed by atoms with E-state index in [4.69, 9.17) is 0 Å². The van der Waals surface area contributed by atoms with E-state index in [1.165, 1.54) is 0 Å². The number of hydrogen-bond donors (Lipinski definition) is 2. The molecule has 0 saturated heterocycles. The Balaban J connectivity index is 2.29. The SMILES string of the molecule is CCNc1cc(C(=O)Nc2ccnn2C)cc(C(C)C)n1. The zero-order chi connectivity index (χ0) is 15.4. The molecule has 0 radical (unpaired) electrons. The third kappa shape index (κ3) is 3.59. The minimum atomic E-state index is -0.165. The molecular weight excluding hydrogens is 266 g/mol. The molecule has 2 N–H and O–H groups in total. The molecule has 0 aliphatic rings. The number of rotatable bonds is 5. The van der Waals surface area contributed by atoms with Crippen LogP contribution < -0.4 is 10.6 Å². The Morgan fingerprint density at radius 3 is 2.71 bits per heavy atom. The van der Waals surface area contributed by atoms with Gasteiger partial charge in [0.25, 0.3) is 5.91 Å². The van der Waals surface area contributed by atoms with Crippen molar-refractivity contribution in [1.29, 1.82) is 0 Å². The van der Waals surface area contributed by atoms with E-state index in [9.17, 15) is 4.79 Å². The van der Waals surface area contributed by atoms with Gasteiger partial charge in [-0.1, -0.05) is 13.8 Å². The van der Waals surface area contributed by atoms with Crippen LogP contribution in [0.2, 0.25) is 0 Å². The largest absolute Gasteiger partial charge is 0.370 e. The summed E-state index contributed by atoms with van der Waals surface area (Å²) in [5, 5.41) is 10.0. The number of amides is 1. The van der Waals surface area contributed by atoms with Crippen LogP contribution in [0.1, 0.15) is 42.7 Å². The van der Waals surface area contributed by atoms with Gasteiger partial charge in [-0.05, 0) is 25.0 Å². The molecule has 2 heterocycles. The summed E-state index contributed by atoms with van der Waals surface area (Å²) in [5.41, 5.74) is 1.48. The van der Waals surface area contributed by atoms with Gasteiger partial charge in [0.1, 0.15) is 11.6 Å². The Hall–Kier alpha value is -2.37. The van der Waals surface area contributed by atoms with E-state index in [-0.39, 0.29) is 11.8 Å². The highest BCUT2D eigenvalue weighted by molar-refractivity contribution is 6.04. The molecule has 0 atom stereocenters. The molecule has 0 spiro atoms. The quantitative estimate of drug-likeness (QED) is 0.886. The van der Waals surface area contributed by atoms with Crippen LogP contribution in [0.4, 0.5) is 11.6 Å². The van der Waals surface area contributed by atoms with E-state index < -0.39 is 0 Å². The molecule has 0 fully saturated rings. The number of pyridine rings is 1. The van der Waals surface area contributed by atoms with Crippen LogP contribution in [0.15, 0.2) is 24.4 Å². The average molecular weight is 287 g/mol. The van der Waals surface area contributed by atoms with E-state index in [0.717, 1.165) is 18.1 Å². The standard InChI is InChI=1S/C15H21N5O/c1-5-16-13-9-11(8-12(18-13)10(2)3)15(21)19-14-6-7-17-20(14)4/h6-10H,5H2,1-4H3,(H,16,18)(H,19,21). The van der Waals surface area contributed by atoms with Gasteiger partial charge in [-0.3, -0.25) is 9.48 Å². The summed E-state index contributed by atoms with van der Waals surface area (Å²) >= 11 is 0. The molecule has 1 amide bonds. The first-order valence-corrected chi connectivity index (χ1v) is 7.06. The topological polar surface area (TPSA) is 71.8 Å². The first-order valence-electron chi connectivity index (χ1n) is 7.06. The molecule has 0 saturated carbocycles. The lowest BCUT2D eigenvalue weighted by molar-refractivity contribution is 0.102. The van der Waals surface area contributed by atoms with Crippen LogP contribution in [0, 0.1) is 0 Å². The second kappa shape index (κ2) is 6.39. The van der Waals surface area contributed by atoms with Crippen molar-refractivity contribution < 1.29 is 4.79 Å². The molecule has 0 aliphatic heterocycles. The minimum absolute atomic E-state index is 0.165. The number of aromatic nitrogens is 3. The molecule has 21 heavy (non-hydrogen) atoms. The number of carbonyl (C=O) groups is 1. The lowest BCUT2D eigenvalue weighted by atomic mass is 10.1. The van der Waals surface area contributed by atoms with Crippen molar-refractivity contribution in [2.75, 3.05) is 17.2 Å². The predicted octanol–water partition coefficient (Wildman–Crippen LogP) is 2.62. The van der Waals surface area contributed by atoms with E-state index in [2.05, 4.69) is 34.6 Å². The van der Waals surface area contributed by atoms with Crippen LogP contribution in [0.3, 0.4) is 0 Å². The van der Waals surface area contributed by atoms with Crippen molar-refractivity contribution in [3.63, 3.8) is 0 Å². The molecule has 2 aromatic rings. The first-order chi connectivity index (χ1) is 10.0. The lowest BCUT2D eigenvalue weighted by Crippen LogP contribution is -2.16. The van der Waals surface area contributed by atoms with Crippen molar-refractivity contribution >= 4 is 17.5 Å². The lowest BCUT2D eigenvalue weighted by Gasteiger charge is -2.12. The zero-order valence-corrected chi connectivity index (χ0v) is 12.8. The highest BCUT2D eigenvalue weighted by Crippen LogP contribution is 2.18. The second-order valence-electron chi connectivity index (χ2n) is 5.15. The number of hydrogen-bond acceptors (Lipinski definition) is 4. The van der Waals surface area contributed by atoms with E-state index >= 15 is 0 Å². The number of nitrogens with one attached hydrogen (secondary N) is 2. The van der Waals surface area contributed by atoms with Gasteiger partial charge in [-0.25, -0.2) is 4.98 Å². The van der Waals surface area contributed by atoms with Crippen LogP contribution >= 0.6 is 0 Å². The predicted molar refractivity (Wildman–Crippen MR) is 83.7 cm³/mol. The van der Waals surface area contributed by atoms with E-state index in [0.29, 0.717) is 11.4 Å². The Kier molecular flexibility index (Phi) is 4.57. The maximum atomic E-state index is 12.4. The molecule has 112 valence electrons. The Morgan fingerprint density at radius 2 is 2.14 bits per heavy atom. The molecule has 6 nitrogen and oxygen atoms in total. The van der Waals surface area contributed by atoms with Gasteiger partial charge in [0, 0.05) is 30.9 Å². The van der Waals surface area contributed by atoms with E-state index in [1.54, 1.807) is 30.1 Å². The summed E-state index contributed by atoms with van der Waals surface area (Å²) in [6.07, 6.45) is 1.64. The van der Waals surface area contributed by atoms with Crippen molar-refractivity contribution in [2.45, 2.75) is 26.7 Å². The van der Waals surface area contributed by atoms with E-state index in [1.807, 2.05) is 13.0 Å². The number of aryl methyl sites for hydroxylation is 1. The van der Waals surface area contributed by atoms with Gasteiger partial charge in [0.05, 0.1) is 6.20 Å². The summed E-state index contributed by atoms with van der Waals surface area (Å²) in [5.74, 6) is 1.47. The van der Waals surface area contributed by atoms with Gasteiger partial charge in [0.2, 0.25) is 0 Å². The fourth-order valence-corrected chi connectivity index (χ4v) is 1.94. The molecule has 0 aromatic carbocycles. The summed E-state index contributed by atoms with van der Waals surface area (Å²) in [6.45, 7) is 6.87. The molecule has 0 bridgehead atoms. The van der Waals surface area contributed by atoms with Crippen molar-refractivity contribution in [3.05, 3.63) is 35.7 Å². The average Bonchev–Trinajstić information content (AvgIpc) is 2.84. The van der Waals surface area contributed by atoms with Crippen LogP contribution in [0.5, 0.6) is 0 Å². The second-order valence-corrected chi connectivity index (χ2v) is 5.15. The maximum absolute atomic E-state index is 12.4. The smallest absolute Gasteiger partial charge is 0.257 e. The van der Waals surface area contributed by atoms with Gasteiger partial charge < -0.3 is 10.6 Å². The zero-order valence-electron chi connectivity index (χ0n) is 12.8. The summed E-state index contributed by atoms with van der Waals surface area (Å²) in [7, 11) is 1.78. The molecule has 0 aliphatic carbocycles. The Morgan fingerprint density at radius 1 is 1.38 bits per heavy atom. The Bertz CT molecular complexity index is 633. The molecule has 6 heteroatoms. The van der Waals surface area contributed by atoms with Crippen LogP contribution in [-0.2, 0) is 7.05 Å². The summed E-state index contributed by atoms with van der Waals surface area (Å²) < 4.78 is 1.62. The third-order valence-electron chi connectivity index (χ3n) is 3.12. The molecule has 2 aromatic heterocycles. The Labute approximate surface area is 124 Å². The van der Waals surface area contributed by atoms with Gasteiger partial charge in [-0.2, -0.15) is 5.10 Å². The van der Waals surface area contributed by atoms with Gasteiger partial charge in [0.15, 0.2) is 0 Å². The molecular formula is C15H21N5O. The van der Waals surface area contributed by atoms with Crippen molar-refractivity contribution in [3.8, 4) is 0 Å². The van der Waals surface area contributed by atoms with Gasteiger partial charge in [-0.15, -0.1) is 0 Å². The monoisotopic (exact) mass is 287 g/mol. The molecule has 0 unspecified atom stereocenters. The number of nitrogens with zero attached hydrogens (tertiary/aromatic N) is 3. The van der Waals surface area contributed by atoms with Crippen LogP contribution in [0.25, 0.3) is 0 Å². The number of carbonyl (C=O) groups excluding carboxylic acids is 1. The third-order valence-corrected chi connectivity index (χ3v) is 3.12. The van der Waals surface area contributed by atoms with Crippen molar-refractivity contribution in [1.82, 2.24) is 14.8 Å². The molecule has 2 rings (SSSR count). The maximum Gasteiger partial charge on any atom is 0.257 e. The number of anilines is 2. The van der Waals surface area contributed by atoms with Crippen LogP contribution in [-0.4, -0.2) is 27.2 Å². The normalized spacial score (nSPS) is 10.7. The highest BCUT2D eigenvalue weighted by atomic mass is 16.1. The highest BCUT2D eigenvalue weighted by Gasteiger charge is 2.13. The summed E-state index contributed by atoms with van der Waals surface area (Å²) in [6, 6.07) is 5.35. The summed E-state index contributed by atoms with van der Waals surface area (Å²) in [4.78, 5) is 16.9. The fourth-order valence-electron chi connectivity index (χ4n) is 1.94. The van der Waals surface area contributed by atoms with Crippen molar-refractivity contribution in [2.24, 2.45) is 7.05 Å².